The SMILES string of the molecule is NCCC(O)c1ccc(-c2ccccc2)cc1. The molecule has 0 saturated carbocycles. The summed E-state index contributed by atoms with van der Waals surface area (Å²) in [5, 5.41) is 9.80. The zero-order valence-corrected chi connectivity index (χ0v) is 9.71. The van der Waals surface area contributed by atoms with E-state index in [1.54, 1.807) is 0 Å². The number of benzene rings is 2. The van der Waals surface area contributed by atoms with Crippen LogP contribution in [0.1, 0.15) is 18.1 Å². The third kappa shape index (κ3) is 2.93. The highest BCUT2D eigenvalue weighted by Crippen LogP contribution is 2.22. The quantitative estimate of drug-likeness (QED) is 0.843. The third-order valence-electron chi connectivity index (χ3n) is 2.84. The normalized spacial score (nSPS) is 12.4. The van der Waals surface area contributed by atoms with Crippen molar-refractivity contribution >= 4 is 0 Å². The van der Waals surface area contributed by atoms with Gasteiger partial charge in [0.1, 0.15) is 0 Å². The zero-order valence-electron chi connectivity index (χ0n) is 9.71. The van der Waals surface area contributed by atoms with Gasteiger partial charge in [-0.2, -0.15) is 0 Å². The van der Waals surface area contributed by atoms with Gasteiger partial charge in [-0.05, 0) is 29.7 Å². The largest absolute Gasteiger partial charge is 0.388 e. The van der Waals surface area contributed by atoms with Crippen LogP contribution in [-0.4, -0.2) is 11.7 Å². The summed E-state index contributed by atoms with van der Waals surface area (Å²) in [5.41, 5.74) is 8.70. The van der Waals surface area contributed by atoms with Gasteiger partial charge in [0, 0.05) is 0 Å². The molecule has 1 unspecified atom stereocenters. The zero-order chi connectivity index (χ0) is 12.1. The Bertz CT molecular complexity index is 450. The van der Waals surface area contributed by atoms with Gasteiger partial charge < -0.3 is 10.8 Å². The highest BCUT2D eigenvalue weighted by atomic mass is 16.3. The Kier molecular flexibility index (Phi) is 3.91. The molecule has 0 amide bonds. The van der Waals surface area contributed by atoms with Crippen molar-refractivity contribution in [2.75, 3.05) is 6.54 Å². The molecule has 0 fully saturated rings. The summed E-state index contributed by atoms with van der Waals surface area (Å²) < 4.78 is 0. The lowest BCUT2D eigenvalue weighted by Gasteiger charge is -2.10. The van der Waals surface area contributed by atoms with Crippen LogP contribution < -0.4 is 5.73 Å². The van der Waals surface area contributed by atoms with Gasteiger partial charge >= 0.3 is 0 Å². The second-order valence-corrected chi connectivity index (χ2v) is 4.08. The van der Waals surface area contributed by atoms with Crippen LogP contribution in [0.15, 0.2) is 54.6 Å². The van der Waals surface area contributed by atoms with Gasteiger partial charge in [-0.25, -0.2) is 0 Å². The van der Waals surface area contributed by atoms with E-state index in [-0.39, 0.29) is 0 Å². The molecule has 88 valence electrons. The lowest BCUT2D eigenvalue weighted by molar-refractivity contribution is 0.170. The Morgan fingerprint density at radius 2 is 1.47 bits per heavy atom. The van der Waals surface area contributed by atoms with Gasteiger partial charge in [0.2, 0.25) is 0 Å². The van der Waals surface area contributed by atoms with Crippen LogP contribution in [0, 0.1) is 0 Å². The van der Waals surface area contributed by atoms with E-state index in [1.165, 1.54) is 5.56 Å². The number of nitrogens with two attached hydrogens (primary N) is 1. The Morgan fingerprint density at radius 1 is 0.882 bits per heavy atom. The fourth-order valence-electron chi connectivity index (χ4n) is 1.85. The van der Waals surface area contributed by atoms with E-state index in [2.05, 4.69) is 12.1 Å². The molecule has 2 aromatic carbocycles. The van der Waals surface area contributed by atoms with Crippen molar-refractivity contribution in [2.24, 2.45) is 5.73 Å². The molecule has 0 radical (unpaired) electrons. The molecule has 3 N–H and O–H groups in total. The Balaban J connectivity index is 2.19. The number of hydrogen-bond acceptors (Lipinski definition) is 2. The van der Waals surface area contributed by atoms with Crippen molar-refractivity contribution in [2.45, 2.75) is 12.5 Å². The minimum atomic E-state index is -0.454. The number of aliphatic hydroxyl groups excluding tert-OH is 1. The summed E-state index contributed by atoms with van der Waals surface area (Å²) >= 11 is 0. The summed E-state index contributed by atoms with van der Waals surface area (Å²) in [6.07, 6.45) is 0.148. The third-order valence-corrected chi connectivity index (χ3v) is 2.84. The molecule has 0 aromatic heterocycles. The topological polar surface area (TPSA) is 46.2 Å². The smallest absolute Gasteiger partial charge is 0.0802 e. The molecule has 0 aliphatic carbocycles. The molecule has 2 aromatic rings. The van der Waals surface area contributed by atoms with Crippen molar-refractivity contribution in [3.05, 3.63) is 60.2 Å². The lowest BCUT2D eigenvalue weighted by Crippen LogP contribution is -2.06. The van der Waals surface area contributed by atoms with Crippen LogP contribution in [0.3, 0.4) is 0 Å². The van der Waals surface area contributed by atoms with Gasteiger partial charge in [0.25, 0.3) is 0 Å². The van der Waals surface area contributed by atoms with Crippen molar-refractivity contribution < 1.29 is 5.11 Å². The van der Waals surface area contributed by atoms with Crippen molar-refractivity contribution in [1.29, 1.82) is 0 Å². The predicted molar refractivity (Wildman–Crippen MR) is 70.5 cm³/mol. The molecule has 0 aliphatic rings. The van der Waals surface area contributed by atoms with Crippen LogP contribution in [0.5, 0.6) is 0 Å². The van der Waals surface area contributed by atoms with Crippen molar-refractivity contribution in [1.82, 2.24) is 0 Å². The van der Waals surface area contributed by atoms with E-state index in [1.807, 2.05) is 42.5 Å². The summed E-state index contributed by atoms with van der Waals surface area (Å²) in [6, 6.07) is 18.2. The minimum absolute atomic E-state index is 0.454. The van der Waals surface area contributed by atoms with E-state index in [4.69, 9.17) is 5.73 Å². The molecule has 2 rings (SSSR count). The maximum atomic E-state index is 9.80. The minimum Gasteiger partial charge on any atom is -0.388 e. The summed E-state index contributed by atoms with van der Waals surface area (Å²) in [6.45, 7) is 0.502. The van der Waals surface area contributed by atoms with Crippen LogP contribution in [0.25, 0.3) is 11.1 Å². The van der Waals surface area contributed by atoms with E-state index in [0.717, 1.165) is 11.1 Å². The summed E-state index contributed by atoms with van der Waals surface area (Å²) in [5.74, 6) is 0. The van der Waals surface area contributed by atoms with E-state index >= 15 is 0 Å². The number of rotatable bonds is 4. The highest BCUT2D eigenvalue weighted by Gasteiger charge is 2.06. The Hall–Kier alpha value is -1.64. The van der Waals surface area contributed by atoms with Gasteiger partial charge in [-0.15, -0.1) is 0 Å². The van der Waals surface area contributed by atoms with Crippen LogP contribution in [-0.2, 0) is 0 Å². The number of aliphatic hydroxyl groups is 1. The van der Waals surface area contributed by atoms with Gasteiger partial charge in [0.15, 0.2) is 0 Å². The molecule has 2 nitrogen and oxygen atoms in total. The second kappa shape index (κ2) is 5.62. The Morgan fingerprint density at radius 3 is 2.06 bits per heavy atom. The average molecular weight is 227 g/mol. The second-order valence-electron chi connectivity index (χ2n) is 4.08. The van der Waals surface area contributed by atoms with Crippen LogP contribution in [0.4, 0.5) is 0 Å². The number of hydrogen-bond donors (Lipinski definition) is 2. The molecule has 17 heavy (non-hydrogen) atoms. The van der Waals surface area contributed by atoms with Gasteiger partial charge in [-0.3, -0.25) is 0 Å². The molecule has 0 spiro atoms. The monoisotopic (exact) mass is 227 g/mol. The van der Waals surface area contributed by atoms with Crippen molar-refractivity contribution in [3.63, 3.8) is 0 Å². The molecule has 1 atom stereocenters. The lowest BCUT2D eigenvalue weighted by atomic mass is 10.0. The van der Waals surface area contributed by atoms with Gasteiger partial charge in [0.05, 0.1) is 6.10 Å². The van der Waals surface area contributed by atoms with Crippen molar-refractivity contribution in [3.8, 4) is 11.1 Å². The fourth-order valence-corrected chi connectivity index (χ4v) is 1.85. The molecular weight excluding hydrogens is 210 g/mol. The Labute approximate surface area is 102 Å². The maximum Gasteiger partial charge on any atom is 0.0802 e. The molecule has 2 heteroatoms. The first kappa shape index (κ1) is 11.8. The molecular formula is C15H17NO. The van der Waals surface area contributed by atoms with Crippen LogP contribution >= 0.6 is 0 Å². The first-order valence-electron chi connectivity index (χ1n) is 5.85. The van der Waals surface area contributed by atoms with E-state index in [9.17, 15) is 5.11 Å². The predicted octanol–water partition coefficient (Wildman–Crippen LogP) is 2.74. The molecule has 0 bridgehead atoms. The maximum absolute atomic E-state index is 9.80. The molecule has 0 aliphatic heterocycles. The first-order valence-corrected chi connectivity index (χ1v) is 5.85. The highest BCUT2D eigenvalue weighted by molar-refractivity contribution is 5.63. The average Bonchev–Trinajstić information content (AvgIpc) is 2.40. The fraction of sp³-hybridized carbons (Fsp3) is 0.200. The first-order chi connectivity index (χ1) is 8.31. The summed E-state index contributed by atoms with van der Waals surface area (Å²) in [4.78, 5) is 0. The molecule has 0 saturated heterocycles. The van der Waals surface area contributed by atoms with E-state index in [0.29, 0.717) is 13.0 Å². The van der Waals surface area contributed by atoms with E-state index < -0.39 is 6.10 Å². The van der Waals surface area contributed by atoms with Crippen LogP contribution in [0.2, 0.25) is 0 Å². The van der Waals surface area contributed by atoms with Gasteiger partial charge in [-0.1, -0.05) is 54.6 Å². The standard InChI is InChI=1S/C15H17NO/c16-11-10-15(17)14-8-6-13(7-9-14)12-4-2-1-3-5-12/h1-9,15,17H,10-11,16H2. The molecule has 0 heterocycles. The summed E-state index contributed by atoms with van der Waals surface area (Å²) in [7, 11) is 0.